The number of hydrogen-bond acceptors (Lipinski definition) is 3. The molecule has 1 unspecified atom stereocenters. The molecule has 0 saturated heterocycles. The number of carbonyl (C=O) groups is 1. The molecular weight excluding hydrogens is 202 g/mol. The first kappa shape index (κ1) is 12.6. The van der Waals surface area contributed by atoms with Crippen LogP contribution in [-0.4, -0.2) is 30.5 Å². The van der Waals surface area contributed by atoms with E-state index in [0.717, 1.165) is 6.42 Å². The molecule has 1 heterocycles. The molecule has 1 amide bonds. The van der Waals surface area contributed by atoms with Crippen LogP contribution >= 0.6 is 0 Å². The summed E-state index contributed by atoms with van der Waals surface area (Å²) in [6.07, 6.45) is 5.08. The van der Waals surface area contributed by atoms with Crippen LogP contribution in [0.4, 0.5) is 0 Å². The smallest absolute Gasteiger partial charge is 0.221 e. The van der Waals surface area contributed by atoms with Crippen molar-refractivity contribution in [1.82, 2.24) is 15.6 Å². The Kier molecular flexibility index (Phi) is 5.50. The zero-order chi connectivity index (χ0) is 11.8. The Morgan fingerprint density at radius 1 is 1.44 bits per heavy atom. The van der Waals surface area contributed by atoms with Gasteiger partial charge in [0.05, 0.1) is 0 Å². The summed E-state index contributed by atoms with van der Waals surface area (Å²) in [5, 5.41) is 5.92. The number of aromatic nitrogens is 1. The van der Waals surface area contributed by atoms with E-state index in [1.54, 1.807) is 19.4 Å². The van der Waals surface area contributed by atoms with Gasteiger partial charge >= 0.3 is 0 Å². The molecule has 2 N–H and O–H groups in total. The zero-order valence-corrected chi connectivity index (χ0v) is 9.86. The van der Waals surface area contributed by atoms with Gasteiger partial charge in [-0.2, -0.15) is 0 Å². The Labute approximate surface area is 96.5 Å². The highest BCUT2D eigenvalue weighted by molar-refractivity contribution is 5.75. The molecule has 0 aliphatic rings. The van der Waals surface area contributed by atoms with Crippen molar-refractivity contribution in [3.63, 3.8) is 0 Å². The van der Waals surface area contributed by atoms with Gasteiger partial charge in [-0.25, -0.2) is 0 Å². The van der Waals surface area contributed by atoms with E-state index in [9.17, 15) is 4.79 Å². The van der Waals surface area contributed by atoms with Gasteiger partial charge in [0.25, 0.3) is 0 Å². The topological polar surface area (TPSA) is 54.0 Å². The Balaban J connectivity index is 2.21. The summed E-state index contributed by atoms with van der Waals surface area (Å²) in [6, 6.07) is 4.39. The van der Waals surface area contributed by atoms with E-state index in [1.165, 1.54) is 5.56 Å². The molecule has 1 aromatic rings. The third kappa shape index (κ3) is 4.89. The molecule has 0 spiro atoms. The number of amides is 1. The maximum absolute atomic E-state index is 11.0. The van der Waals surface area contributed by atoms with E-state index < -0.39 is 0 Å². The molecule has 0 saturated carbocycles. The predicted molar refractivity (Wildman–Crippen MR) is 64.1 cm³/mol. The van der Waals surface area contributed by atoms with Crippen molar-refractivity contribution in [2.75, 3.05) is 13.6 Å². The van der Waals surface area contributed by atoms with E-state index in [4.69, 9.17) is 0 Å². The van der Waals surface area contributed by atoms with Gasteiger partial charge in [0.15, 0.2) is 0 Å². The third-order valence-electron chi connectivity index (χ3n) is 2.41. The number of nitrogens with zero attached hydrogens (tertiary/aromatic N) is 1. The fourth-order valence-corrected chi connectivity index (χ4v) is 1.50. The Bertz CT molecular complexity index is 313. The normalized spacial score (nSPS) is 12.1. The maximum atomic E-state index is 11.0. The van der Waals surface area contributed by atoms with Gasteiger partial charge in [-0.05, 0) is 31.0 Å². The monoisotopic (exact) mass is 221 g/mol. The fraction of sp³-hybridized carbons (Fsp3) is 0.500. The molecule has 0 aliphatic heterocycles. The van der Waals surface area contributed by atoms with E-state index in [-0.39, 0.29) is 5.91 Å². The third-order valence-corrected chi connectivity index (χ3v) is 2.41. The van der Waals surface area contributed by atoms with Crippen LogP contribution < -0.4 is 10.6 Å². The van der Waals surface area contributed by atoms with Gasteiger partial charge in [0.2, 0.25) is 5.91 Å². The van der Waals surface area contributed by atoms with Crippen LogP contribution in [0.3, 0.4) is 0 Å². The van der Waals surface area contributed by atoms with Crippen molar-refractivity contribution in [3.8, 4) is 0 Å². The minimum atomic E-state index is 0.0728. The van der Waals surface area contributed by atoms with Crippen LogP contribution in [0.15, 0.2) is 24.5 Å². The summed E-state index contributed by atoms with van der Waals surface area (Å²) in [6.45, 7) is 2.83. The van der Waals surface area contributed by atoms with E-state index in [0.29, 0.717) is 19.0 Å². The van der Waals surface area contributed by atoms with Crippen LogP contribution in [0.5, 0.6) is 0 Å². The van der Waals surface area contributed by atoms with Crippen molar-refractivity contribution in [2.45, 2.75) is 25.8 Å². The Morgan fingerprint density at radius 3 is 2.75 bits per heavy atom. The minimum absolute atomic E-state index is 0.0728. The summed E-state index contributed by atoms with van der Waals surface area (Å²) in [7, 11) is 1.66. The molecule has 4 heteroatoms. The highest BCUT2D eigenvalue weighted by atomic mass is 16.1. The first-order valence-electron chi connectivity index (χ1n) is 5.55. The minimum Gasteiger partial charge on any atom is -0.359 e. The largest absolute Gasteiger partial charge is 0.359 e. The van der Waals surface area contributed by atoms with Gasteiger partial charge in [-0.15, -0.1) is 0 Å². The zero-order valence-electron chi connectivity index (χ0n) is 9.86. The molecule has 1 aromatic heterocycles. The Hall–Kier alpha value is -1.42. The van der Waals surface area contributed by atoms with Gasteiger partial charge in [0, 0.05) is 38.4 Å². The van der Waals surface area contributed by atoms with Crippen LogP contribution in [-0.2, 0) is 11.2 Å². The summed E-state index contributed by atoms with van der Waals surface area (Å²) >= 11 is 0. The van der Waals surface area contributed by atoms with E-state index in [1.807, 2.05) is 12.1 Å². The van der Waals surface area contributed by atoms with Gasteiger partial charge < -0.3 is 10.6 Å². The second-order valence-corrected chi connectivity index (χ2v) is 3.84. The summed E-state index contributed by atoms with van der Waals surface area (Å²) in [4.78, 5) is 15.0. The summed E-state index contributed by atoms with van der Waals surface area (Å²) in [5.74, 6) is 0.0728. The predicted octanol–water partition coefficient (Wildman–Crippen LogP) is 0.738. The summed E-state index contributed by atoms with van der Waals surface area (Å²) < 4.78 is 0. The molecule has 0 aromatic carbocycles. The molecule has 0 fully saturated rings. The Morgan fingerprint density at radius 2 is 2.12 bits per heavy atom. The van der Waals surface area contributed by atoms with Crippen LogP contribution in [0.25, 0.3) is 0 Å². The lowest BCUT2D eigenvalue weighted by molar-refractivity contribution is -0.120. The lowest BCUT2D eigenvalue weighted by Gasteiger charge is -2.13. The van der Waals surface area contributed by atoms with Crippen molar-refractivity contribution in [1.29, 1.82) is 0 Å². The maximum Gasteiger partial charge on any atom is 0.221 e. The van der Waals surface area contributed by atoms with Crippen molar-refractivity contribution in [2.24, 2.45) is 0 Å². The average Bonchev–Trinajstić information content (AvgIpc) is 2.30. The second-order valence-electron chi connectivity index (χ2n) is 3.84. The summed E-state index contributed by atoms with van der Waals surface area (Å²) in [5.41, 5.74) is 1.26. The second kappa shape index (κ2) is 6.95. The SMILES string of the molecule is CNC(=O)CCNC(C)Cc1ccncc1. The fourth-order valence-electron chi connectivity index (χ4n) is 1.50. The quantitative estimate of drug-likeness (QED) is 0.745. The number of pyridine rings is 1. The highest BCUT2D eigenvalue weighted by Gasteiger charge is 2.03. The molecule has 0 bridgehead atoms. The number of nitrogens with one attached hydrogen (secondary N) is 2. The molecule has 0 aliphatic carbocycles. The van der Waals surface area contributed by atoms with E-state index >= 15 is 0 Å². The number of hydrogen-bond donors (Lipinski definition) is 2. The van der Waals surface area contributed by atoms with Gasteiger partial charge in [-0.1, -0.05) is 0 Å². The van der Waals surface area contributed by atoms with Crippen LogP contribution in [0, 0.1) is 0 Å². The van der Waals surface area contributed by atoms with Gasteiger partial charge in [-0.3, -0.25) is 9.78 Å². The molecule has 0 radical (unpaired) electrons. The first-order valence-corrected chi connectivity index (χ1v) is 5.55. The van der Waals surface area contributed by atoms with Crippen molar-refractivity contribution >= 4 is 5.91 Å². The lowest BCUT2D eigenvalue weighted by atomic mass is 10.1. The molecule has 4 nitrogen and oxygen atoms in total. The molecule has 88 valence electrons. The molecule has 16 heavy (non-hydrogen) atoms. The molecule has 1 atom stereocenters. The van der Waals surface area contributed by atoms with Crippen LogP contribution in [0.1, 0.15) is 18.9 Å². The average molecular weight is 221 g/mol. The van der Waals surface area contributed by atoms with Gasteiger partial charge in [0.1, 0.15) is 0 Å². The number of carbonyl (C=O) groups excluding carboxylic acids is 1. The lowest BCUT2D eigenvalue weighted by Crippen LogP contribution is -2.32. The first-order chi connectivity index (χ1) is 7.72. The number of rotatable bonds is 6. The van der Waals surface area contributed by atoms with Crippen LogP contribution in [0.2, 0.25) is 0 Å². The molecule has 1 rings (SSSR count). The standard InChI is InChI=1S/C12H19N3O/c1-10(15-8-5-12(16)13-2)9-11-3-6-14-7-4-11/h3-4,6-7,10,15H,5,8-9H2,1-2H3,(H,13,16). The molecular formula is C12H19N3O. The van der Waals surface area contributed by atoms with E-state index in [2.05, 4.69) is 22.5 Å². The van der Waals surface area contributed by atoms with Crippen molar-refractivity contribution in [3.05, 3.63) is 30.1 Å². The van der Waals surface area contributed by atoms with Crippen molar-refractivity contribution < 1.29 is 4.79 Å². The highest BCUT2D eigenvalue weighted by Crippen LogP contribution is 2.00.